The van der Waals surface area contributed by atoms with Crippen molar-refractivity contribution in [3.05, 3.63) is 99.3 Å². The number of alkyl halides is 3. The first-order chi connectivity index (χ1) is 20.6. The largest absolute Gasteiger partial charge is 0.491 e. The van der Waals surface area contributed by atoms with Gasteiger partial charge in [0, 0.05) is 28.2 Å². The van der Waals surface area contributed by atoms with Crippen molar-refractivity contribution in [1.82, 2.24) is 9.47 Å². The Morgan fingerprint density at radius 1 is 0.930 bits per heavy atom. The quantitative estimate of drug-likeness (QED) is 0.0963. The number of ether oxygens (including phenoxy) is 3. The van der Waals surface area contributed by atoms with E-state index >= 15 is 0 Å². The fraction of sp³-hybridized carbons (Fsp3) is 0.267. The first-order valence-corrected chi connectivity index (χ1v) is 14.4. The molecule has 0 radical (unpaired) electrons. The highest BCUT2D eigenvalue weighted by Crippen LogP contribution is 2.44. The van der Waals surface area contributed by atoms with Crippen LogP contribution in [-0.2, 0) is 44.6 Å². The molecule has 0 spiro atoms. The van der Waals surface area contributed by atoms with E-state index < -0.39 is 18.0 Å². The van der Waals surface area contributed by atoms with Crippen molar-refractivity contribution in [1.29, 1.82) is 0 Å². The molecule has 2 heterocycles. The summed E-state index contributed by atoms with van der Waals surface area (Å²) in [5, 5.41) is 0.467. The molecular weight excluding hydrogens is 678 g/mol. The first kappa shape index (κ1) is 30.8. The monoisotopic (exact) mass is 707 g/mol. The Hall–Kier alpha value is -3.66. The number of hydrogen-bond donors (Lipinski definition) is 2. The Bertz CT molecular complexity index is 1620. The predicted molar refractivity (Wildman–Crippen MR) is 163 cm³/mol. The number of benzene rings is 3. The maximum absolute atomic E-state index is 13.5. The van der Waals surface area contributed by atoms with E-state index in [0.717, 1.165) is 19.6 Å². The summed E-state index contributed by atoms with van der Waals surface area (Å²) in [7, 11) is 0. The first-order valence-electron chi connectivity index (χ1n) is 13.3. The van der Waals surface area contributed by atoms with E-state index in [1.807, 2.05) is 65.2 Å². The van der Waals surface area contributed by atoms with Gasteiger partial charge in [0.1, 0.15) is 0 Å². The molecule has 1 aliphatic rings. The van der Waals surface area contributed by atoms with Crippen molar-refractivity contribution in [2.75, 3.05) is 19.8 Å². The maximum atomic E-state index is 13.5. The van der Waals surface area contributed by atoms with Crippen LogP contribution >= 0.6 is 22.6 Å². The highest BCUT2D eigenvalue weighted by Gasteiger charge is 2.52. The van der Waals surface area contributed by atoms with E-state index in [9.17, 15) is 18.0 Å². The lowest BCUT2D eigenvalue weighted by molar-refractivity contribution is -0.228. The number of guanidine groups is 1. The average Bonchev–Trinajstić information content (AvgIpc) is 3.39. The number of halogens is 4. The molecule has 226 valence electrons. The van der Waals surface area contributed by atoms with Crippen molar-refractivity contribution >= 4 is 51.1 Å². The van der Waals surface area contributed by atoms with Gasteiger partial charge in [0.2, 0.25) is 5.96 Å². The van der Waals surface area contributed by atoms with Crippen LogP contribution in [0.25, 0.3) is 10.9 Å². The van der Waals surface area contributed by atoms with Gasteiger partial charge in [0.25, 0.3) is 5.85 Å². The van der Waals surface area contributed by atoms with Crippen molar-refractivity contribution in [2.45, 2.75) is 31.8 Å². The summed E-state index contributed by atoms with van der Waals surface area (Å²) in [4.78, 5) is 17.8. The van der Waals surface area contributed by atoms with E-state index in [-0.39, 0.29) is 37.0 Å². The number of aromatic nitrogens is 1. The topological polar surface area (TPSA) is 117 Å². The molecule has 1 aliphatic heterocycles. The summed E-state index contributed by atoms with van der Waals surface area (Å²) < 4.78 is 59.8. The highest BCUT2D eigenvalue weighted by atomic mass is 127. The average molecular weight is 707 g/mol. The molecule has 0 bridgehead atoms. The molecule has 4 N–H and O–H groups in total. The normalized spacial score (nSPS) is 16.7. The molecule has 0 fully saturated rings. The fourth-order valence-electron chi connectivity index (χ4n) is 4.91. The smallest absolute Gasteiger partial charge is 0.414 e. The maximum Gasteiger partial charge on any atom is 0.491 e. The molecule has 1 atom stereocenters. The third kappa shape index (κ3) is 6.79. The SMILES string of the molecule is NC1=Nc2cc(I)c3c(ccn3CCOCc3ccccc3)c2C(N)(OC(=O)C(F)(F)F)N1CCOCc1ccccc1. The second-order valence-corrected chi connectivity index (χ2v) is 11.0. The molecule has 5 rings (SSSR count). The lowest BCUT2D eigenvalue weighted by Gasteiger charge is -2.43. The molecule has 1 aromatic heterocycles. The Balaban J connectivity index is 1.44. The summed E-state index contributed by atoms with van der Waals surface area (Å²) >= 11 is 2.12. The van der Waals surface area contributed by atoms with Gasteiger partial charge in [-0.15, -0.1) is 0 Å². The second kappa shape index (κ2) is 12.9. The van der Waals surface area contributed by atoms with Gasteiger partial charge < -0.3 is 24.5 Å². The third-order valence-electron chi connectivity index (χ3n) is 6.89. The van der Waals surface area contributed by atoms with Gasteiger partial charge in [-0.2, -0.15) is 13.2 Å². The van der Waals surface area contributed by atoms with Crippen molar-refractivity contribution in [2.24, 2.45) is 16.5 Å². The zero-order valence-electron chi connectivity index (χ0n) is 22.9. The molecular formula is C30H29F3IN5O4. The number of esters is 1. The van der Waals surface area contributed by atoms with Gasteiger partial charge in [0.15, 0.2) is 0 Å². The van der Waals surface area contributed by atoms with Crippen LogP contribution in [0, 0.1) is 3.57 Å². The molecule has 4 aromatic rings. The van der Waals surface area contributed by atoms with Gasteiger partial charge >= 0.3 is 12.1 Å². The fourth-order valence-corrected chi connectivity index (χ4v) is 5.81. The van der Waals surface area contributed by atoms with Crippen LogP contribution in [0.5, 0.6) is 0 Å². The Morgan fingerprint density at radius 2 is 1.51 bits per heavy atom. The third-order valence-corrected chi connectivity index (χ3v) is 7.71. The molecule has 0 amide bonds. The number of carbonyl (C=O) groups is 1. The van der Waals surface area contributed by atoms with Crippen LogP contribution in [0.2, 0.25) is 0 Å². The Morgan fingerprint density at radius 3 is 2.09 bits per heavy atom. The van der Waals surface area contributed by atoms with E-state index in [1.54, 1.807) is 18.3 Å². The zero-order valence-corrected chi connectivity index (χ0v) is 25.0. The number of fused-ring (bicyclic) bond motifs is 3. The Kier molecular flexibility index (Phi) is 9.25. The van der Waals surface area contributed by atoms with Crippen molar-refractivity contribution in [3.8, 4) is 0 Å². The summed E-state index contributed by atoms with van der Waals surface area (Å²) in [6, 6.07) is 22.4. The molecule has 0 saturated carbocycles. The van der Waals surface area contributed by atoms with E-state index in [0.29, 0.717) is 30.7 Å². The molecule has 3 aromatic carbocycles. The lowest BCUT2D eigenvalue weighted by Crippen LogP contribution is -2.63. The number of hydrogen-bond acceptors (Lipinski definition) is 8. The molecule has 43 heavy (non-hydrogen) atoms. The van der Waals surface area contributed by atoms with Crippen LogP contribution in [0.15, 0.2) is 84.0 Å². The minimum Gasteiger partial charge on any atom is -0.414 e. The molecule has 13 heteroatoms. The van der Waals surface area contributed by atoms with Crippen LogP contribution < -0.4 is 11.5 Å². The number of rotatable bonds is 11. The predicted octanol–water partition coefficient (Wildman–Crippen LogP) is 5.12. The lowest BCUT2D eigenvalue weighted by atomic mass is 10.00. The van der Waals surface area contributed by atoms with Crippen LogP contribution in [0.4, 0.5) is 18.9 Å². The number of nitrogens with zero attached hydrogens (tertiary/aromatic N) is 3. The van der Waals surface area contributed by atoms with Crippen molar-refractivity contribution in [3.63, 3.8) is 0 Å². The second-order valence-electron chi connectivity index (χ2n) is 9.81. The molecule has 0 saturated heterocycles. The van der Waals surface area contributed by atoms with Crippen molar-refractivity contribution < 1.29 is 32.2 Å². The van der Waals surface area contributed by atoms with Gasteiger partial charge in [-0.05, 0) is 45.9 Å². The molecule has 0 aliphatic carbocycles. The van der Waals surface area contributed by atoms with E-state index in [4.69, 9.17) is 25.7 Å². The summed E-state index contributed by atoms with van der Waals surface area (Å²) in [5.74, 6) is -5.09. The highest BCUT2D eigenvalue weighted by molar-refractivity contribution is 14.1. The van der Waals surface area contributed by atoms with Gasteiger partial charge in [-0.1, -0.05) is 60.7 Å². The van der Waals surface area contributed by atoms with Gasteiger partial charge in [-0.25, -0.2) is 9.79 Å². The van der Waals surface area contributed by atoms with Gasteiger partial charge in [-0.3, -0.25) is 10.6 Å². The summed E-state index contributed by atoms with van der Waals surface area (Å²) in [6.45, 7) is 1.41. The van der Waals surface area contributed by atoms with E-state index in [2.05, 4.69) is 27.6 Å². The number of aliphatic imine (C=N–C) groups is 1. The summed E-state index contributed by atoms with van der Waals surface area (Å²) in [6.07, 6.45) is -3.52. The molecule has 1 unspecified atom stereocenters. The minimum absolute atomic E-state index is 0.0102. The van der Waals surface area contributed by atoms with Crippen LogP contribution in [0.3, 0.4) is 0 Å². The molecule has 9 nitrogen and oxygen atoms in total. The number of nitrogens with two attached hydrogens (primary N) is 2. The minimum atomic E-state index is -5.30. The Labute approximate surface area is 259 Å². The zero-order chi connectivity index (χ0) is 30.6. The summed E-state index contributed by atoms with van der Waals surface area (Å²) in [5.41, 5.74) is 15.8. The van der Waals surface area contributed by atoms with E-state index in [1.165, 1.54) is 0 Å². The van der Waals surface area contributed by atoms with Gasteiger partial charge in [0.05, 0.1) is 43.2 Å². The van der Waals surface area contributed by atoms with Crippen LogP contribution in [0.1, 0.15) is 16.7 Å². The number of carbonyl (C=O) groups excluding carboxylic acids is 1. The van der Waals surface area contributed by atoms with Crippen LogP contribution in [-0.4, -0.2) is 47.3 Å². The standard InChI is InChI=1S/C30H29F3IN5O4/c31-29(32,33)27(40)43-30(36)25-22-11-12-38(13-15-41-18-20-7-3-1-4-8-20)26(22)23(34)17-24(25)37-28(35)39(30)14-16-42-19-21-9-5-2-6-10-21/h1-12,17H,13-16,18-19,36H2,(H2,35,37).